The molecule has 0 aromatic rings. The van der Waals surface area contributed by atoms with Gasteiger partial charge in [0.15, 0.2) is 0 Å². The van der Waals surface area contributed by atoms with E-state index >= 15 is 0 Å². The molecular formula is CH6BNO4S. The van der Waals surface area contributed by atoms with Crippen molar-refractivity contribution in [3.63, 3.8) is 0 Å². The van der Waals surface area contributed by atoms with Crippen LogP contribution in [0.3, 0.4) is 0 Å². The van der Waals surface area contributed by atoms with Gasteiger partial charge in [0.25, 0.3) is 0 Å². The van der Waals surface area contributed by atoms with Crippen molar-refractivity contribution in [1.29, 1.82) is 0 Å². The highest BCUT2D eigenvalue weighted by Gasteiger charge is 2.14. The molecule has 5 nitrogen and oxygen atoms in total. The van der Waals surface area contributed by atoms with Crippen LogP contribution in [0.5, 0.6) is 0 Å². The largest absolute Gasteiger partial charge is 0.468 e. The first kappa shape index (κ1) is 7.89. The van der Waals surface area contributed by atoms with E-state index in [0.717, 1.165) is 0 Å². The van der Waals surface area contributed by atoms with Crippen molar-refractivity contribution < 1.29 is 18.5 Å². The van der Waals surface area contributed by atoms with E-state index in [1.165, 1.54) is 0 Å². The Morgan fingerprint density at radius 3 is 1.88 bits per heavy atom. The lowest BCUT2D eigenvalue weighted by atomic mass is 9.98. The fraction of sp³-hybridized carbons (Fsp3) is 1.00. The molecule has 0 fully saturated rings. The van der Waals surface area contributed by atoms with Crippen molar-refractivity contribution >= 4 is 17.1 Å². The third-order valence-electron chi connectivity index (χ3n) is 0.381. The van der Waals surface area contributed by atoms with Crippen molar-refractivity contribution in [2.24, 2.45) is 5.14 Å². The van der Waals surface area contributed by atoms with Crippen LogP contribution in [0.15, 0.2) is 0 Å². The molecule has 0 aliphatic carbocycles. The molecular weight excluding hydrogens is 133 g/mol. The van der Waals surface area contributed by atoms with Gasteiger partial charge in [0.2, 0.25) is 10.0 Å². The summed E-state index contributed by atoms with van der Waals surface area (Å²) in [5.41, 5.74) is -0.812. The number of hydrogen-bond acceptors (Lipinski definition) is 4. The van der Waals surface area contributed by atoms with Gasteiger partial charge in [-0.15, -0.1) is 0 Å². The lowest BCUT2D eigenvalue weighted by molar-refractivity contribution is 0.414. The van der Waals surface area contributed by atoms with Gasteiger partial charge in [-0.3, -0.25) is 0 Å². The van der Waals surface area contributed by atoms with E-state index in [-0.39, 0.29) is 0 Å². The summed E-state index contributed by atoms with van der Waals surface area (Å²) >= 11 is 0. The zero-order valence-electron chi connectivity index (χ0n) is 3.98. The molecule has 0 unspecified atom stereocenters. The summed E-state index contributed by atoms with van der Waals surface area (Å²) in [6.07, 6.45) is 0. The van der Waals surface area contributed by atoms with E-state index in [4.69, 9.17) is 10.0 Å². The van der Waals surface area contributed by atoms with E-state index in [9.17, 15) is 8.42 Å². The van der Waals surface area contributed by atoms with Crippen LogP contribution in [0.25, 0.3) is 0 Å². The van der Waals surface area contributed by atoms with Gasteiger partial charge in [0.05, 0.1) is 5.65 Å². The minimum atomic E-state index is -3.72. The lowest BCUT2D eigenvalue weighted by Crippen LogP contribution is -2.29. The maximum absolute atomic E-state index is 9.90. The minimum absolute atomic E-state index is 0.812. The third-order valence-corrected chi connectivity index (χ3v) is 1.14. The number of sulfonamides is 1. The van der Waals surface area contributed by atoms with Gasteiger partial charge >= 0.3 is 7.12 Å². The zero-order chi connectivity index (χ0) is 6.78. The molecule has 0 saturated carbocycles. The molecule has 0 radical (unpaired) electrons. The second-order valence-corrected chi connectivity index (χ2v) is 2.97. The molecule has 7 heteroatoms. The maximum atomic E-state index is 9.90. The third kappa shape index (κ3) is 5.89. The SMILES string of the molecule is NS(=O)(=O)CB(O)O. The van der Waals surface area contributed by atoms with E-state index in [0.29, 0.717) is 0 Å². The van der Waals surface area contributed by atoms with Crippen LogP contribution in [0.4, 0.5) is 0 Å². The monoisotopic (exact) mass is 139 g/mol. The molecule has 0 aliphatic heterocycles. The van der Waals surface area contributed by atoms with Gasteiger partial charge in [0.1, 0.15) is 0 Å². The van der Waals surface area contributed by atoms with E-state index in [1.807, 2.05) is 0 Å². The molecule has 0 aromatic carbocycles. The molecule has 8 heavy (non-hydrogen) atoms. The van der Waals surface area contributed by atoms with Crippen molar-refractivity contribution in [3.8, 4) is 0 Å². The highest BCUT2D eigenvalue weighted by molar-refractivity contribution is 7.90. The summed E-state index contributed by atoms with van der Waals surface area (Å²) in [6.45, 7) is 0. The van der Waals surface area contributed by atoms with Gasteiger partial charge in [-0.2, -0.15) is 0 Å². The summed E-state index contributed by atoms with van der Waals surface area (Å²) in [5.74, 6) is 0. The van der Waals surface area contributed by atoms with Crippen LogP contribution in [0, 0.1) is 0 Å². The van der Waals surface area contributed by atoms with Crippen LogP contribution in [-0.4, -0.2) is 31.2 Å². The van der Waals surface area contributed by atoms with Crippen LogP contribution in [0.2, 0.25) is 0 Å². The summed E-state index contributed by atoms with van der Waals surface area (Å²) in [5, 5.41) is 20.4. The first-order chi connectivity index (χ1) is 3.42. The molecule has 0 heterocycles. The normalized spacial score (nSPS) is 11.4. The molecule has 0 bridgehead atoms. The zero-order valence-corrected chi connectivity index (χ0v) is 4.80. The number of nitrogens with two attached hydrogens (primary N) is 1. The first-order valence-corrected chi connectivity index (χ1v) is 3.50. The van der Waals surface area contributed by atoms with Crippen LogP contribution < -0.4 is 5.14 Å². The van der Waals surface area contributed by atoms with Crippen LogP contribution in [0.1, 0.15) is 0 Å². The second kappa shape index (κ2) is 2.45. The lowest BCUT2D eigenvalue weighted by Gasteiger charge is -1.92. The van der Waals surface area contributed by atoms with Gasteiger partial charge in [-0.05, 0) is 0 Å². The fourth-order valence-electron chi connectivity index (χ4n) is 0.208. The minimum Gasteiger partial charge on any atom is -0.426 e. The van der Waals surface area contributed by atoms with E-state index in [1.54, 1.807) is 0 Å². The molecule has 0 atom stereocenters. The Balaban J connectivity index is 3.75. The molecule has 0 spiro atoms. The molecule has 0 aliphatic rings. The smallest absolute Gasteiger partial charge is 0.426 e. The summed E-state index contributed by atoms with van der Waals surface area (Å²) in [7, 11) is -5.59. The average Bonchev–Trinajstić information content (AvgIpc) is 1.21. The molecule has 0 rings (SSSR count). The van der Waals surface area contributed by atoms with Gasteiger partial charge in [0, 0.05) is 0 Å². The quantitative estimate of drug-likeness (QED) is 0.362. The van der Waals surface area contributed by atoms with Crippen LogP contribution >= 0.6 is 0 Å². The Morgan fingerprint density at radius 1 is 1.50 bits per heavy atom. The van der Waals surface area contributed by atoms with Crippen molar-refractivity contribution in [2.75, 3.05) is 5.65 Å². The number of primary sulfonamides is 1. The Bertz CT molecular complexity index is 149. The number of rotatable bonds is 2. The van der Waals surface area contributed by atoms with Gasteiger partial charge in [-0.25, -0.2) is 13.6 Å². The van der Waals surface area contributed by atoms with Crippen molar-refractivity contribution in [2.45, 2.75) is 0 Å². The second-order valence-electron chi connectivity index (χ2n) is 1.31. The average molecular weight is 139 g/mol. The highest BCUT2D eigenvalue weighted by Crippen LogP contribution is 1.76. The Hall–Kier alpha value is -0.105. The van der Waals surface area contributed by atoms with Gasteiger partial charge in [-0.1, -0.05) is 0 Å². The van der Waals surface area contributed by atoms with Crippen molar-refractivity contribution in [3.05, 3.63) is 0 Å². The molecule has 0 aromatic heterocycles. The van der Waals surface area contributed by atoms with Gasteiger partial charge < -0.3 is 10.0 Å². The first-order valence-electron chi connectivity index (χ1n) is 1.78. The van der Waals surface area contributed by atoms with Crippen molar-refractivity contribution in [1.82, 2.24) is 0 Å². The summed E-state index contributed by atoms with van der Waals surface area (Å²) in [6, 6.07) is 0. The molecule has 48 valence electrons. The standard InChI is InChI=1S/CH6BNO4S/c3-8(6,7)1-2(4)5/h4-5H,1H2,(H2,3,6,7). The highest BCUT2D eigenvalue weighted by atomic mass is 32.2. The Kier molecular flexibility index (Phi) is 2.42. The molecule has 4 N–H and O–H groups in total. The maximum Gasteiger partial charge on any atom is 0.468 e. The Labute approximate surface area is 47.3 Å². The van der Waals surface area contributed by atoms with Crippen LogP contribution in [-0.2, 0) is 10.0 Å². The molecule has 0 saturated heterocycles. The topological polar surface area (TPSA) is 101 Å². The summed E-state index contributed by atoms with van der Waals surface area (Å²) in [4.78, 5) is 0. The Morgan fingerprint density at radius 2 is 1.88 bits per heavy atom. The summed E-state index contributed by atoms with van der Waals surface area (Å²) < 4.78 is 19.8. The van der Waals surface area contributed by atoms with E-state index < -0.39 is 22.8 Å². The predicted molar refractivity (Wildman–Crippen MR) is 28.2 cm³/mol. The number of hydrogen-bond donors (Lipinski definition) is 3. The predicted octanol–water partition coefficient (Wildman–Crippen LogP) is -2.71. The van der Waals surface area contributed by atoms with E-state index in [2.05, 4.69) is 5.14 Å². The molecule has 0 amide bonds. The fourth-order valence-corrected chi connectivity index (χ4v) is 0.623.